The Labute approximate surface area is 222 Å². The molecular weight excluding hydrogens is 567 g/mol. The zero-order valence-electron chi connectivity index (χ0n) is 19.5. The summed E-state index contributed by atoms with van der Waals surface area (Å²) in [6.07, 6.45) is 4.88. The molecule has 3 N–H and O–H groups in total. The van der Waals surface area contributed by atoms with Crippen LogP contribution >= 0.6 is 22.6 Å². The number of nitrogen functional groups attached to an aromatic ring is 1. The average molecular weight is 592 g/mol. The predicted molar refractivity (Wildman–Crippen MR) is 150 cm³/mol. The van der Waals surface area contributed by atoms with Gasteiger partial charge in [0, 0.05) is 36.1 Å². The lowest BCUT2D eigenvalue weighted by atomic mass is 10.0. The van der Waals surface area contributed by atoms with Crippen molar-refractivity contribution >= 4 is 56.8 Å². The maximum atomic E-state index is 12.7. The van der Waals surface area contributed by atoms with Crippen LogP contribution in [0, 0.1) is 3.57 Å². The number of pyridine rings is 1. The first-order valence-electron chi connectivity index (χ1n) is 11.7. The highest BCUT2D eigenvalue weighted by atomic mass is 127. The van der Waals surface area contributed by atoms with E-state index < -0.39 is 0 Å². The highest BCUT2D eigenvalue weighted by Crippen LogP contribution is 2.37. The van der Waals surface area contributed by atoms with Crippen LogP contribution in [-0.4, -0.2) is 44.6 Å². The molecule has 1 aliphatic heterocycles. The largest absolute Gasteiger partial charge is 0.383 e. The lowest BCUT2D eigenvalue weighted by molar-refractivity contribution is -0.127. The minimum absolute atomic E-state index is 0.00476. The van der Waals surface area contributed by atoms with Gasteiger partial charge < -0.3 is 16.0 Å². The second kappa shape index (κ2) is 10.1. The number of nitrogens with zero attached hydrogens (tertiary/aromatic N) is 4. The van der Waals surface area contributed by atoms with Crippen molar-refractivity contribution < 1.29 is 9.59 Å². The van der Waals surface area contributed by atoms with Crippen LogP contribution in [-0.2, 0) is 4.79 Å². The number of carbonyl (C=O) groups excluding carboxylic acids is 2. The number of likely N-dealkylation sites (tertiary alicyclic amines) is 1. The van der Waals surface area contributed by atoms with Gasteiger partial charge in [-0.2, -0.15) is 5.10 Å². The molecule has 9 heteroatoms. The van der Waals surface area contributed by atoms with Crippen LogP contribution in [0.4, 0.5) is 11.5 Å². The van der Waals surface area contributed by atoms with Crippen LogP contribution in [0.2, 0.25) is 0 Å². The van der Waals surface area contributed by atoms with Crippen molar-refractivity contribution in [2.24, 2.45) is 0 Å². The number of rotatable bonds is 5. The van der Waals surface area contributed by atoms with Gasteiger partial charge in [-0.3, -0.25) is 14.3 Å². The Morgan fingerprint density at radius 3 is 2.61 bits per heavy atom. The number of hydrogen-bond donors (Lipinski definition) is 2. The Morgan fingerprint density at radius 2 is 1.89 bits per heavy atom. The van der Waals surface area contributed by atoms with Gasteiger partial charge in [0.1, 0.15) is 11.5 Å². The lowest BCUT2D eigenvalue weighted by Gasteiger charge is -2.32. The minimum Gasteiger partial charge on any atom is -0.383 e. The van der Waals surface area contributed by atoms with E-state index in [9.17, 15) is 9.59 Å². The van der Waals surface area contributed by atoms with E-state index in [1.165, 1.54) is 6.08 Å². The fourth-order valence-electron chi connectivity index (χ4n) is 4.61. The van der Waals surface area contributed by atoms with Crippen molar-refractivity contribution in [3.63, 3.8) is 0 Å². The SMILES string of the molecule is C=CC(=O)N1CCC[C@@H](n2nc(-c3ccc(C(=O)Nc4ccccc4)cc3)c3c(N)ncc(I)c32)C1. The third-order valence-corrected chi connectivity index (χ3v) is 7.18. The van der Waals surface area contributed by atoms with Crippen LogP contribution in [0.5, 0.6) is 0 Å². The minimum atomic E-state index is -0.187. The number of amides is 2. The molecule has 0 radical (unpaired) electrons. The van der Waals surface area contributed by atoms with Crippen molar-refractivity contribution in [1.82, 2.24) is 19.7 Å². The lowest BCUT2D eigenvalue weighted by Crippen LogP contribution is -2.40. The van der Waals surface area contributed by atoms with Crippen molar-refractivity contribution in [3.05, 3.63) is 82.6 Å². The quantitative estimate of drug-likeness (QED) is 0.254. The Balaban J connectivity index is 1.51. The van der Waals surface area contributed by atoms with Gasteiger partial charge in [0.15, 0.2) is 0 Å². The highest BCUT2D eigenvalue weighted by Gasteiger charge is 2.28. The molecule has 182 valence electrons. The second-order valence-electron chi connectivity index (χ2n) is 8.69. The zero-order chi connectivity index (χ0) is 25.2. The molecule has 0 unspecified atom stereocenters. The highest BCUT2D eigenvalue weighted by molar-refractivity contribution is 14.1. The maximum Gasteiger partial charge on any atom is 0.255 e. The van der Waals surface area contributed by atoms with Crippen LogP contribution in [0.1, 0.15) is 29.2 Å². The molecule has 4 aromatic rings. The first-order chi connectivity index (χ1) is 17.5. The molecule has 0 aliphatic carbocycles. The van der Waals surface area contributed by atoms with E-state index in [0.717, 1.165) is 38.6 Å². The Hall–Kier alpha value is -3.73. The van der Waals surface area contributed by atoms with E-state index in [1.54, 1.807) is 18.3 Å². The molecule has 2 aromatic heterocycles. The molecule has 8 nitrogen and oxygen atoms in total. The summed E-state index contributed by atoms with van der Waals surface area (Å²) >= 11 is 2.25. The van der Waals surface area contributed by atoms with Crippen molar-refractivity contribution in [2.75, 3.05) is 24.1 Å². The topological polar surface area (TPSA) is 106 Å². The normalized spacial score (nSPS) is 15.6. The molecule has 2 aromatic carbocycles. The first kappa shape index (κ1) is 24.0. The summed E-state index contributed by atoms with van der Waals surface area (Å²) in [6.45, 7) is 4.89. The molecule has 1 saturated heterocycles. The number of nitrogens with two attached hydrogens (primary N) is 1. The van der Waals surface area contributed by atoms with E-state index >= 15 is 0 Å². The van der Waals surface area contributed by atoms with E-state index in [2.05, 4.69) is 39.5 Å². The summed E-state index contributed by atoms with van der Waals surface area (Å²) in [6, 6.07) is 16.6. The monoisotopic (exact) mass is 592 g/mol. The van der Waals surface area contributed by atoms with Gasteiger partial charge in [0.05, 0.1) is 20.5 Å². The molecule has 0 bridgehead atoms. The van der Waals surface area contributed by atoms with E-state index in [0.29, 0.717) is 30.2 Å². The van der Waals surface area contributed by atoms with Gasteiger partial charge >= 0.3 is 0 Å². The molecule has 0 spiro atoms. The number of carbonyl (C=O) groups is 2. The molecule has 1 fully saturated rings. The second-order valence-corrected chi connectivity index (χ2v) is 9.85. The number of nitrogens with one attached hydrogen (secondary N) is 1. The van der Waals surface area contributed by atoms with E-state index in [1.807, 2.05) is 52.0 Å². The fourth-order valence-corrected chi connectivity index (χ4v) is 5.27. The number of aromatic nitrogens is 3. The molecule has 3 heterocycles. The number of halogens is 1. The van der Waals surface area contributed by atoms with E-state index in [-0.39, 0.29) is 17.9 Å². The molecular formula is C27H25IN6O2. The third-order valence-electron chi connectivity index (χ3n) is 6.39. The van der Waals surface area contributed by atoms with Crippen LogP contribution in [0.25, 0.3) is 22.2 Å². The summed E-state index contributed by atoms with van der Waals surface area (Å²) in [5.74, 6) is 0.136. The summed E-state index contributed by atoms with van der Waals surface area (Å²) in [5, 5.41) is 8.67. The van der Waals surface area contributed by atoms with Gasteiger partial charge in [-0.25, -0.2) is 4.98 Å². The Bertz CT molecular complexity index is 1450. The Kier molecular flexibility index (Phi) is 6.73. The summed E-state index contributed by atoms with van der Waals surface area (Å²) in [4.78, 5) is 31.2. The first-order valence-corrected chi connectivity index (χ1v) is 12.7. The van der Waals surface area contributed by atoms with Crippen LogP contribution < -0.4 is 11.1 Å². The van der Waals surface area contributed by atoms with Gasteiger partial charge in [-0.15, -0.1) is 0 Å². The molecule has 1 atom stereocenters. The smallest absolute Gasteiger partial charge is 0.255 e. The third kappa shape index (κ3) is 4.58. The zero-order valence-corrected chi connectivity index (χ0v) is 21.7. The van der Waals surface area contributed by atoms with Gasteiger partial charge in [0.2, 0.25) is 5.91 Å². The number of piperidine rings is 1. The van der Waals surface area contributed by atoms with Crippen LogP contribution in [0.3, 0.4) is 0 Å². The molecule has 36 heavy (non-hydrogen) atoms. The average Bonchev–Trinajstić information content (AvgIpc) is 3.33. The van der Waals surface area contributed by atoms with Gasteiger partial charge in [-0.05, 0) is 65.8 Å². The maximum absolute atomic E-state index is 12.7. The standard InChI is InChI=1S/C27H25IN6O2/c1-2-22(35)33-14-6-9-20(16-33)34-25-21(28)15-30-26(29)23(25)24(32-34)17-10-12-18(13-11-17)27(36)31-19-7-4-3-5-8-19/h2-5,7-8,10-13,15,20H,1,6,9,14,16H2,(H2,29,30)(H,31,36)/t20-/m1/s1. The molecule has 2 amide bonds. The van der Waals surface area contributed by atoms with Crippen molar-refractivity contribution in [1.29, 1.82) is 0 Å². The van der Waals surface area contributed by atoms with Crippen LogP contribution in [0.15, 0.2) is 73.4 Å². The Morgan fingerprint density at radius 1 is 1.14 bits per heavy atom. The predicted octanol–water partition coefficient (Wildman–Crippen LogP) is 4.89. The van der Waals surface area contributed by atoms with E-state index in [4.69, 9.17) is 10.8 Å². The number of fused-ring (bicyclic) bond motifs is 1. The number of para-hydroxylation sites is 1. The molecule has 0 saturated carbocycles. The summed E-state index contributed by atoms with van der Waals surface area (Å²) in [5.41, 5.74) is 10.1. The summed E-state index contributed by atoms with van der Waals surface area (Å²) < 4.78 is 2.92. The number of benzene rings is 2. The van der Waals surface area contributed by atoms with Gasteiger partial charge in [0.25, 0.3) is 5.91 Å². The molecule has 1 aliphatic rings. The van der Waals surface area contributed by atoms with Crippen molar-refractivity contribution in [3.8, 4) is 11.3 Å². The van der Waals surface area contributed by atoms with Crippen molar-refractivity contribution in [2.45, 2.75) is 18.9 Å². The summed E-state index contributed by atoms with van der Waals surface area (Å²) in [7, 11) is 0. The van der Waals surface area contributed by atoms with Gasteiger partial charge in [-0.1, -0.05) is 36.9 Å². The fraction of sp³-hybridized carbons (Fsp3) is 0.185. The molecule has 5 rings (SSSR count). The number of hydrogen-bond acceptors (Lipinski definition) is 5. The number of anilines is 2.